The van der Waals surface area contributed by atoms with Crippen LogP contribution < -0.4 is 5.32 Å². The largest absolute Gasteiger partial charge is 0.325 e. The molecule has 106 valence electrons. The number of para-hydroxylation sites is 1. The van der Waals surface area contributed by atoms with Gasteiger partial charge in [0.2, 0.25) is 5.95 Å². The standard InChI is InChI=1S/C17H17N3S/c1-13-12-20(15-8-10-16(21-2)11-9-15)17(18-13)19-14-6-4-3-5-7-14/h3-12H,1-2H3,(H,18,19). The smallest absolute Gasteiger partial charge is 0.212 e. The van der Waals surface area contributed by atoms with Crippen LogP contribution in [0.5, 0.6) is 0 Å². The summed E-state index contributed by atoms with van der Waals surface area (Å²) in [6.45, 7) is 2.00. The zero-order chi connectivity index (χ0) is 14.7. The highest BCUT2D eigenvalue weighted by Crippen LogP contribution is 2.22. The third kappa shape index (κ3) is 3.11. The van der Waals surface area contributed by atoms with Crippen molar-refractivity contribution in [1.29, 1.82) is 0 Å². The molecule has 1 N–H and O–H groups in total. The topological polar surface area (TPSA) is 29.9 Å². The molecule has 4 heteroatoms. The lowest BCUT2D eigenvalue weighted by molar-refractivity contribution is 1.06. The number of thioether (sulfide) groups is 1. The Morgan fingerprint density at radius 1 is 1.00 bits per heavy atom. The number of aryl methyl sites for hydroxylation is 1. The van der Waals surface area contributed by atoms with Gasteiger partial charge < -0.3 is 5.32 Å². The third-order valence-electron chi connectivity index (χ3n) is 3.21. The number of benzene rings is 2. The minimum Gasteiger partial charge on any atom is -0.325 e. The van der Waals surface area contributed by atoms with Gasteiger partial charge in [0.25, 0.3) is 0 Å². The second kappa shape index (κ2) is 6.06. The molecule has 1 aromatic heterocycles. The maximum absolute atomic E-state index is 4.57. The molecule has 21 heavy (non-hydrogen) atoms. The number of aromatic nitrogens is 2. The van der Waals surface area contributed by atoms with Crippen LogP contribution in [0.15, 0.2) is 65.7 Å². The molecule has 0 radical (unpaired) electrons. The van der Waals surface area contributed by atoms with E-state index in [1.165, 1.54) is 4.90 Å². The van der Waals surface area contributed by atoms with Crippen LogP contribution in [0.1, 0.15) is 5.69 Å². The van der Waals surface area contributed by atoms with Gasteiger partial charge in [-0.2, -0.15) is 0 Å². The fourth-order valence-corrected chi connectivity index (χ4v) is 2.58. The number of nitrogens with one attached hydrogen (secondary N) is 1. The minimum absolute atomic E-state index is 0.829. The second-order valence-corrected chi connectivity index (χ2v) is 5.64. The van der Waals surface area contributed by atoms with Gasteiger partial charge in [0.05, 0.1) is 5.69 Å². The lowest BCUT2D eigenvalue weighted by Gasteiger charge is -2.10. The summed E-state index contributed by atoms with van der Waals surface area (Å²) in [6.07, 6.45) is 4.12. The molecular weight excluding hydrogens is 278 g/mol. The van der Waals surface area contributed by atoms with Crippen LogP contribution in [0.25, 0.3) is 5.69 Å². The highest BCUT2D eigenvalue weighted by Gasteiger charge is 2.07. The van der Waals surface area contributed by atoms with Crippen molar-refractivity contribution < 1.29 is 0 Å². The summed E-state index contributed by atoms with van der Waals surface area (Å²) >= 11 is 1.74. The van der Waals surface area contributed by atoms with Gasteiger partial charge in [0.1, 0.15) is 0 Å². The first-order valence-electron chi connectivity index (χ1n) is 6.79. The van der Waals surface area contributed by atoms with Crippen molar-refractivity contribution in [3.05, 3.63) is 66.5 Å². The van der Waals surface area contributed by atoms with Crippen molar-refractivity contribution in [3.63, 3.8) is 0 Å². The van der Waals surface area contributed by atoms with Crippen molar-refractivity contribution >= 4 is 23.4 Å². The van der Waals surface area contributed by atoms with Gasteiger partial charge >= 0.3 is 0 Å². The van der Waals surface area contributed by atoms with Gasteiger partial charge in [-0.1, -0.05) is 18.2 Å². The van der Waals surface area contributed by atoms with Crippen LogP contribution >= 0.6 is 11.8 Å². The van der Waals surface area contributed by atoms with Crippen molar-refractivity contribution in [2.45, 2.75) is 11.8 Å². The Balaban J connectivity index is 1.95. The van der Waals surface area contributed by atoms with Crippen LogP contribution in [-0.4, -0.2) is 15.8 Å². The van der Waals surface area contributed by atoms with Gasteiger partial charge in [0.15, 0.2) is 0 Å². The molecule has 3 rings (SSSR count). The number of nitrogens with zero attached hydrogens (tertiary/aromatic N) is 2. The van der Waals surface area contributed by atoms with E-state index >= 15 is 0 Å². The SMILES string of the molecule is CSc1ccc(-n2cc(C)nc2Nc2ccccc2)cc1. The monoisotopic (exact) mass is 295 g/mol. The number of hydrogen-bond acceptors (Lipinski definition) is 3. The molecule has 0 unspecified atom stereocenters. The molecule has 3 nitrogen and oxygen atoms in total. The van der Waals surface area contributed by atoms with Crippen molar-refractivity contribution in [2.75, 3.05) is 11.6 Å². The molecule has 1 heterocycles. The lowest BCUT2D eigenvalue weighted by Crippen LogP contribution is -2.00. The van der Waals surface area contributed by atoms with Gasteiger partial charge in [-0.3, -0.25) is 4.57 Å². The minimum atomic E-state index is 0.829. The quantitative estimate of drug-likeness (QED) is 0.711. The van der Waals surface area contributed by atoms with Crippen LogP contribution in [0.4, 0.5) is 11.6 Å². The van der Waals surface area contributed by atoms with Crippen molar-refractivity contribution in [3.8, 4) is 5.69 Å². The molecule has 0 saturated carbocycles. The molecule has 0 aliphatic heterocycles. The van der Waals surface area contributed by atoms with Gasteiger partial charge in [-0.15, -0.1) is 11.8 Å². The second-order valence-electron chi connectivity index (χ2n) is 4.76. The zero-order valence-electron chi connectivity index (χ0n) is 12.1. The molecule has 0 saturated heterocycles. The van der Waals surface area contributed by atoms with E-state index in [2.05, 4.69) is 45.4 Å². The summed E-state index contributed by atoms with van der Waals surface area (Å²) in [7, 11) is 0. The van der Waals surface area contributed by atoms with Crippen molar-refractivity contribution in [1.82, 2.24) is 9.55 Å². The molecule has 0 fully saturated rings. The normalized spacial score (nSPS) is 10.6. The summed E-state index contributed by atoms with van der Waals surface area (Å²) < 4.78 is 2.08. The van der Waals surface area contributed by atoms with E-state index in [0.717, 1.165) is 23.0 Å². The molecule has 0 aliphatic rings. The molecule has 0 bridgehead atoms. The molecule has 0 spiro atoms. The molecule has 2 aromatic carbocycles. The van der Waals surface area contributed by atoms with Gasteiger partial charge in [-0.25, -0.2) is 4.98 Å². The van der Waals surface area contributed by atoms with E-state index < -0.39 is 0 Å². The predicted molar refractivity (Wildman–Crippen MR) is 89.8 cm³/mol. The number of imidazole rings is 1. The summed E-state index contributed by atoms with van der Waals surface area (Å²) in [5, 5.41) is 3.37. The lowest BCUT2D eigenvalue weighted by atomic mass is 10.3. The Labute approximate surface area is 129 Å². The maximum atomic E-state index is 4.57. The Morgan fingerprint density at radius 2 is 1.71 bits per heavy atom. The van der Waals surface area contributed by atoms with E-state index in [-0.39, 0.29) is 0 Å². The molecule has 0 atom stereocenters. The van der Waals surface area contributed by atoms with E-state index in [0.29, 0.717) is 0 Å². The first-order valence-corrected chi connectivity index (χ1v) is 8.01. The van der Waals surface area contributed by atoms with E-state index in [1.54, 1.807) is 11.8 Å². The van der Waals surface area contributed by atoms with Gasteiger partial charge in [-0.05, 0) is 49.6 Å². The Kier molecular flexibility index (Phi) is 3.97. The van der Waals surface area contributed by atoms with E-state index in [9.17, 15) is 0 Å². The van der Waals surface area contributed by atoms with Crippen LogP contribution in [0.3, 0.4) is 0 Å². The zero-order valence-corrected chi connectivity index (χ0v) is 12.9. The summed E-state index contributed by atoms with van der Waals surface area (Å²) in [6, 6.07) is 18.6. The highest BCUT2D eigenvalue weighted by atomic mass is 32.2. The number of rotatable bonds is 4. The van der Waals surface area contributed by atoms with E-state index in [4.69, 9.17) is 0 Å². The summed E-state index contributed by atoms with van der Waals surface area (Å²) in [5.41, 5.74) is 3.12. The van der Waals surface area contributed by atoms with Crippen molar-refractivity contribution in [2.24, 2.45) is 0 Å². The van der Waals surface area contributed by atoms with E-state index in [1.807, 2.05) is 43.5 Å². The Morgan fingerprint density at radius 3 is 2.38 bits per heavy atom. The molecular formula is C17H17N3S. The average Bonchev–Trinajstić information content (AvgIpc) is 2.89. The third-order valence-corrected chi connectivity index (χ3v) is 3.95. The molecule has 3 aromatic rings. The first-order chi connectivity index (χ1) is 10.3. The first kappa shape index (κ1) is 13.8. The summed E-state index contributed by atoms with van der Waals surface area (Å²) in [5.74, 6) is 0.829. The van der Waals surface area contributed by atoms with Crippen LogP contribution in [-0.2, 0) is 0 Å². The van der Waals surface area contributed by atoms with Gasteiger partial charge in [0, 0.05) is 22.5 Å². The maximum Gasteiger partial charge on any atom is 0.212 e. The van der Waals surface area contributed by atoms with Crippen LogP contribution in [0.2, 0.25) is 0 Å². The average molecular weight is 295 g/mol. The highest BCUT2D eigenvalue weighted by molar-refractivity contribution is 7.98. The Hall–Kier alpha value is -2.20. The molecule has 0 amide bonds. The Bertz CT molecular complexity index is 718. The molecule has 0 aliphatic carbocycles. The fourth-order valence-electron chi connectivity index (χ4n) is 2.18. The fraction of sp³-hybridized carbons (Fsp3) is 0.118. The predicted octanol–water partition coefficient (Wildman–Crippen LogP) is 4.65. The number of anilines is 2. The number of hydrogen-bond donors (Lipinski definition) is 1. The summed E-state index contributed by atoms with van der Waals surface area (Å²) in [4.78, 5) is 5.83. The van der Waals surface area contributed by atoms with Crippen LogP contribution in [0, 0.1) is 6.92 Å².